The predicted molar refractivity (Wildman–Crippen MR) is 125 cm³/mol. The SMILES string of the molecule is CCc1ccc(N/C(SCc2ccc(Cl)cc2)=C(/C#N)C(=O)NCc2ccco2)cc1. The minimum atomic E-state index is -0.463. The third-order valence-corrected chi connectivity index (χ3v) is 5.81. The van der Waals surface area contributed by atoms with Crippen molar-refractivity contribution in [2.24, 2.45) is 0 Å². The molecule has 7 heteroatoms. The van der Waals surface area contributed by atoms with Gasteiger partial charge >= 0.3 is 0 Å². The Morgan fingerprint density at radius 2 is 1.81 bits per heavy atom. The molecule has 0 saturated heterocycles. The molecule has 0 spiro atoms. The number of nitriles is 1. The summed E-state index contributed by atoms with van der Waals surface area (Å²) in [5.41, 5.74) is 3.07. The monoisotopic (exact) mass is 451 g/mol. The molecule has 0 unspecified atom stereocenters. The zero-order valence-electron chi connectivity index (χ0n) is 17.0. The van der Waals surface area contributed by atoms with Crippen molar-refractivity contribution in [1.29, 1.82) is 5.26 Å². The van der Waals surface area contributed by atoms with Crippen LogP contribution in [0.4, 0.5) is 5.69 Å². The zero-order valence-corrected chi connectivity index (χ0v) is 18.6. The van der Waals surface area contributed by atoms with Gasteiger partial charge in [0.25, 0.3) is 5.91 Å². The second-order valence-electron chi connectivity index (χ2n) is 6.67. The number of nitrogens with zero attached hydrogens (tertiary/aromatic N) is 1. The Balaban J connectivity index is 1.81. The third-order valence-electron chi connectivity index (χ3n) is 4.49. The Kier molecular flexibility index (Phi) is 8.22. The highest BCUT2D eigenvalue weighted by atomic mass is 35.5. The fraction of sp³-hybridized carbons (Fsp3) is 0.167. The molecule has 0 saturated carbocycles. The molecule has 3 aromatic rings. The number of hydrogen-bond donors (Lipinski definition) is 2. The summed E-state index contributed by atoms with van der Waals surface area (Å²) in [5, 5.41) is 16.9. The molecule has 0 aliphatic carbocycles. The van der Waals surface area contributed by atoms with E-state index in [0.29, 0.717) is 21.6 Å². The summed E-state index contributed by atoms with van der Waals surface area (Å²) in [5.74, 6) is 0.725. The minimum absolute atomic E-state index is 0.0186. The van der Waals surface area contributed by atoms with E-state index in [1.165, 1.54) is 23.6 Å². The molecule has 0 bridgehead atoms. The Labute approximate surface area is 191 Å². The Hall–Kier alpha value is -3.14. The number of nitrogens with one attached hydrogen (secondary N) is 2. The number of carbonyl (C=O) groups excluding carboxylic acids is 1. The number of benzene rings is 2. The van der Waals surface area contributed by atoms with Crippen molar-refractivity contribution in [2.45, 2.75) is 25.6 Å². The molecule has 0 atom stereocenters. The molecule has 158 valence electrons. The van der Waals surface area contributed by atoms with E-state index in [1.54, 1.807) is 12.1 Å². The number of anilines is 1. The van der Waals surface area contributed by atoms with Crippen molar-refractivity contribution < 1.29 is 9.21 Å². The van der Waals surface area contributed by atoms with Crippen LogP contribution in [-0.4, -0.2) is 5.91 Å². The fourth-order valence-corrected chi connectivity index (χ4v) is 3.84. The summed E-state index contributed by atoms with van der Waals surface area (Å²) in [6, 6.07) is 21.0. The Morgan fingerprint density at radius 3 is 2.42 bits per heavy atom. The van der Waals surface area contributed by atoms with Crippen LogP contribution in [0.1, 0.15) is 23.8 Å². The summed E-state index contributed by atoms with van der Waals surface area (Å²) in [7, 11) is 0. The largest absolute Gasteiger partial charge is 0.467 e. The molecule has 1 heterocycles. The van der Waals surface area contributed by atoms with Crippen molar-refractivity contribution in [3.63, 3.8) is 0 Å². The number of hydrogen-bond acceptors (Lipinski definition) is 5. The summed E-state index contributed by atoms with van der Waals surface area (Å²) < 4.78 is 5.24. The molecule has 2 N–H and O–H groups in total. The number of thioether (sulfide) groups is 1. The lowest BCUT2D eigenvalue weighted by Crippen LogP contribution is -2.25. The second kappa shape index (κ2) is 11.3. The molecule has 0 aliphatic rings. The maximum Gasteiger partial charge on any atom is 0.265 e. The van der Waals surface area contributed by atoms with Gasteiger partial charge in [0, 0.05) is 16.5 Å². The van der Waals surface area contributed by atoms with Gasteiger partial charge in [-0.1, -0.05) is 42.8 Å². The average Bonchev–Trinajstić information content (AvgIpc) is 3.31. The number of halogens is 1. The van der Waals surface area contributed by atoms with E-state index in [4.69, 9.17) is 16.0 Å². The molecule has 0 fully saturated rings. The second-order valence-corrected chi connectivity index (χ2v) is 8.09. The van der Waals surface area contributed by atoms with Gasteiger partial charge in [0.2, 0.25) is 0 Å². The Morgan fingerprint density at radius 1 is 1.10 bits per heavy atom. The highest BCUT2D eigenvalue weighted by molar-refractivity contribution is 8.02. The summed E-state index contributed by atoms with van der Waals surface area (Å²) >= 11 is 7.35. The van der Waals surface area contributed by atoms with Crippen molar-refractivity contribution in [3.8, 4) is 6.07 Å². The van der Waals surface area contributed by atoms with Crippen LogP contribution in [-0.2, 0) is 23.5 Å². The number of amides is 1. The van der Waals surface area contributed by atoms with Crippen LogP contribution in [0, 0.1) is 11.3 Å². The van der Waals surface area contributed by atoms with Crippen LogP contribution >= 0.6 is 23.4 Å². The predicted octanol–water partition coefficient (Wildman–Crippen LogP) is 5.89. The summed E-state index contributed by atoms with van der Waals surface area (Å²) in [6.45, 7) is 2.30. The van der Waals surface area contributed by atoms with Gasteiger partial charge < -0.3 is 15.1 Å². The first-order valence-electron chi connectivity index (χ1n) is 9.77. The quantitative estimate of drug-likeness (QED) is 0.313. The van der Waals surface area contributed by atoms with Crippen LogP contribution in [0.5, 0.6) is 0 Å². The zero-order chi connectivity index (χ0) is 22.1. The molecule has 3 rings (SSSR count). The minimum Gasteiger partial charge on any atom is -0.467 e. The number of furan rings is 1. The molecule has 1 aromatic heterocycles. The summed E-state index contributed by atoms with van der Waals surface area (Å²) in [4.78, 5) is 12.8. The molecule has 31 heavy (non-hydrogen) atoms. The van der Waals surface area contributed by atoms with Crippen molar-refractivity contribution >= 4 is 35.0 Å². The molecule has 5 nitrogen and oxygen atoms in total. The molecule has 2 aromatic carbocycles. The van der Waals surface area contributed by atoms with Gasteiger partial charge in [-0.3, -0.25) is 4.79 Å². The van der Waals surface area contributed by atoms with E-state index in [9.17, 15) is 10.1 Å². The van der Waals surface area contributed by atoms with Gasteiger partial charge in [-0.15, -0.1) is 11.8 Å². The smallest absolute Gasteiger partial charge is 0.265 e. The number of rotatable bonds is 9. The van der Waals surface area contributed by atoms with Crippen molar-refractivity contribution in [2.75, 3.05) is 5.32 Å². The third kappa shape index (κ3) is 6.68. The number of carbonyl (C=O) groups is 1. The van der Waals surface area contributed by atoms with Crippen LogP contribution in [0.2, 0.25) is 5.02 Å². The molecule has 1 amide bonds. The van der Waals surface area contributed by atoms with Gasteiger partial charge in [0.05, 0.1) is 17.8 Å². The van der Waals surface area contributed by atoms with Crippen LogP contribution in [0.25, 0.3) is 0 Å². The van der Waals surface area contributed by atoms with Crippen molar-refractivity contribution in [1.82, 2.24) is 5.32 Å². The van der Waals surface area contributed by atoms with Gasteiger partial charge in [-0.05, 0) is 53.9 Å². The van der Waals surface area contributed by atoms with E-state index in [1.807, 2.05) is 48.5 Å². The lowest BCUT2D eigenvalue weighted by Gasteiger charge is -2.14. The lowest BCUT2D eigenvalue weighted by molar-refractivity contribution is -0.117. The maximum absolute atomic E-state index is 12.8. The molecular weight excluding hydrogens is 430 g/mol. The van der Waals surface area contributed by atoms with Crippen LogP contribution < -0.4 is 10.6 Å². The Bertz CT molecular complexity index is 1070. The topological polar surface area (TPSA) is 78.1 Å². The highest BCUT2D eigenvalue weighted by Crippen LogP contribution is 2.27. The van der Waals surface area contributed by atoms with E-state index in [-0.39, 0.29) is 12.1 Å². The normalized spacial score (nSPS) is 11.4. The van der Waals surface area contributed by atoms with Gasteiger partial charge in [0.15, 0.2) is 0 Å². The average molecular weight is 452 g/mol. The first-order valence-corrected chi connectivity index (χ1v) is 11.1. The first kappa shape index (κ1) is 22.5. The van der Waals surface area contributed by atoms with Gasteiger partial charge in [-0.2, -0.15) is 5.26 Å². The van der Waals surface area contributed by atoms with Crippen LogP contribution in [0.15, 0.2) is 81.9 Å². The standard InChI is InChI=1S/C24H22ClN3O2S/c1-2-17-7-11-20(12-8-17)28-24(31-16-18-5-9-19(25)10-6-18)22(14-26)23(29)27-15-21-4-3-13-30-21/h3-13,28H,2,15-16H2,1H3,(H,27,29)/b24-22+. The van der Waals surface area contributed by atoms with Gasteiger partial charge in [0.1, 0.15) is 17.4 Å². The van der Waals surface area contributed by atoms with Crippen LogP contribution in [0.3, 0.4) is 0 Å². The van der Waals surface area contributed by atoms with E-state index in [2.05, 4.69) is 23.6 Å². The summed E-state index contributed by atoms with van der Waals surface area (Å²) in [6.07, 6.45) is 2.48. The molecule has 0 aliphatic heterocycles. The number of aryl methyl sites for hydroxylation is 1. The highest BCUT2D eigenvalue weighted by Gasteiger charge is 2.17. The van der Waals surface area contributed by atoms with E-state index in [0.717, 1.165) is 17.7 Å². The van der Waals surface area contributed by atoms with Gasteiger partial charge in [-0.25, -0.2) is 0 Å². The molecule has 0 radical (unpaired) electrons. The fourth-order valence-electron chi connectivity index (χ4n) is 2.74. The van der Waals surface area contributed by atoms with E-state index < -0.39 is 5.91 Å². The lowest BCUT2D eigenvalue weighted by atomic mass is 10.1. The van der Waals surface area contributed by atoms with E-state index >= 15 is 0 Å². The van der Waals surface area contributed by atoms with Crippen molar-refractivity contribution in [3.05, 3.63) is 99.4 Å². The maximum atomic E-state index is 12.8. The molecular formula is C24H22ClN3O2S. The first-order chi connectivity index (χ1) is 15.1.